The van der Waals surface area contributed by atoms with Crippen LogP contribution in [0.2, 0.25) is 0 Å². The number of fused-ring (bicyclic) bond motifs is 1. The first-order valence-electron chi connectivity index (χ1n) is 7.21. The van der Waals surface area contributed by atoms with Crippen molar-refractivity contribution in [2.75, 3.05) is 30.3 Å². The van der Waals surface area contributed by atoms with Gasteiger partial charge in [0, 0.05) is 19.7 Å². The quantitative estimate of drug-likeness (QED) is 0.856. The van der Waals surface area contributed by atoms with Crippen LogP contribution in [0.25, 0.3) is 10.2 Å². The van der Waals surface area contributed by atoms with E-state index >= 15 is 0 Å². The highest BCUT2D eigenvalue weighted by Crippen LogP contribution is 2.26. The van der Waals surface area contributed by atoms with Crippen molar-refractivity contribution >= 4 is 33.3 Å². The molecule has 1 saturated heterocycles. The zero-order valence-electron chi connectivity index (χ0n) is 11.7. The number of nitrogens with zero attached hydrogens (tertiary/aromatic N) is 2. The lowest BCUT2D eigenvalue weighted by Crippen LogP contribution is -2.14. The van der Waals surface area contributed by atoms with Gasteiger partial charge in [-0.05, 0) is 37.6 Å². The van der Waals surface area contributed by atoms with Crippen LogP contribution >= 0.6 is 11.3 Å². The molecule has 6 heteroatoms. The third kappa shape index (κ3) is 3.02. The molecule has 2 aromatic heterocycles. The summed E-state index contributed by atoms with van der Waals surface area (Å²) in [6, 6.07) is 2.07. The average molecular weight is 292 g/mol. The number of rotatable bonds is 6. The fourth-order valence-corrected chi connectivity index (χ4v) is 3.21. The van der Waals surface area contributed by atoms with Gasteiger partial charge in [0.2, 0.25) is 5.95 Å². The first-order chi connectivity index (χ1) is 9.86. The Kier molecular flexibility index (Phi) is 4.32. The van der Waals surface area contributed by atoms with E-state index in [1.165, 1.54) is 12.8 Å². The second-order valence-corrected chi connectivity index (χ2v) is 5.81. The lowest BCUT2D eigenvalue weighted by molar-refractivity contribution is 0.107. The molecule has 1 unspecified atom stereocenters. The summed E-state index contributed by atoms with van der Waals surface area (Å²) in [4.78, 5) is 10.1. The van der Waals surface area contributed by atoms with Crippen LogP contribution in [0.5, 0.6) is 0 Å². The van der Waals surface area contributed by atoms with E-state index in [-0.39, 0.29) is 0 Å². The fraction of sp³-hybridized carbons (Fsp3) is 0.571. The summed E-state index contributed by atoms with van der Waals surface area (Å²) < 4.78 is 5.64. The summed E-state index contributed by atoms with van der Waals surface area (Å²) in [6.45, 7) is 4.68. The minimum Gasteiger partial charge on any atom is -0.378 e. The predicted octanol–water partition coefficient (Wildman–Crippen LogP) is 3.10. The Morgan fingerprint density at radius 1 is 1.40 bits per heavy atom. The standard InChI is InChI=1S/C14H20N4OS/c1-2-15-14-17-12(11-6-9-20-13(11)18-14)16-7-5-10-4-3-8-19-10/h6,9-10H,2-5,7-8H2,1H3,(H2,15,16,17,18). The normalized spacial score (nSPS) is 18.6. The Balaban J connectivity index is 1.69. The highest BCUT2D eigenvalue weighted by atomic mass is 32.1. The van der Waals surface area contributed by atoms with Crippen molar-refractivity contribution < 1.29 is 4.74 Å². The number of anilines is 2. The lowest BCUT2D eigenvalue weighted by atomic mass is 10.2. The summed E-state index contributed by atoms with van der Waals surface area (Å²) in [7, 11) is 0. The molecule has 20 heavy (non-hydrogen) atoms. The monoisotopic (exact) mass is 292 g/mol. The number of ether oxygens (including phenoxy) is 1. The Morgan fingerprint density at radius 2 is 2.35 bits per heavy atom. The minimum atomic E-state index is 0.413. The molecule has 0 amide bonds. The molecule has 1 fully saturated rings. The SMILES string of the molecule is CCNc1nc(NCCC2CCCO2)c2ccsc2n1. The number of thiophene rings is 1. The van der Waals surface area contributed by atoms with Gasteiger partial charge in [0.05, 0.1) is 11.5 Å². The molecular formula is C14H20N4OS. The zero-order valence-corrected chi connectivity index (χ0v) is 12.5. The van der Waals surface area contributed by atoms with Crippen molar-refractivity contribution in [1.82, 2.24) is 9.97 Å². The Hall–Kier alpha value is -1.40. The van der Waals surface area contributed by atoms with Crippen LogP contribution in [-0.2, 0) is 4.74 Å². The van der Waals surface area contributed by atoms with Gasteiger partial charge in [0.25, 0.3) is 0 Å². The van der Waals surface area contributed by atoms with Gasteiger partial charge in [0.15, 0.2) is 0 Å². The smallest absolute Gasteiger partial charge is 0.226 e. The average Bonchev–Trinajstić information content (AvgIpc) is 3.09. The number of aromatic nitrogens is 2. The van der Waals surface area contributed by atoms with Crippen molar-refractivity contribution in [3.63, 3.8) is 0 Å². The fourth-order valence-electron chi connectivity index (χ4n) is 2.45. The molecule has 0 aliphatic carbocycles. The zero-order chi connectivity index (χ0) is 13.8. The Morgan fingerprint density at radius 3 is 3.15 bits per heavy atom. The minimum absolute atomic E-state index is 0.413. The lowest BCUT2D eigenvalue weighted by Gasteiger charge is -2.12. The van der Waals surface area contributed by atoms with Crippen LogP contribution in [-0.4, -0.2) is 35.8 Å². The van der Waals surface area contributed by atoms with E-state index in [1.807, 2.05) is 6.92 Å². The summed E-state index contributed by atoms with van der Waals surface area (Å²) in [5, 5.41) is 9.77. The third-order valence-corrected chi connectivity index (χ3v) is 4.25. The topological polar surface area (TPSA) is 59.1 Å². The van der Waals surface area contributed by atoms with E-state index in [4.69, 9.17) is 4.74 Å². The molecule has 1 atom stereocenters. The van der Waals surface area contributed by atoms with Crippen LogP contribution in [0.4, 0.5) is 11.8 Å². The molecule has 3 heterocycles. The molecule has 5 nitrogen and oxygen atoms in total. The van der Waals surface area contributed by atoms with Crippen molar-refractivity contribution in [2.24, 2.45) is 0 Å². The molecule has 2 aromatic rings. The maximum Gasteiger partial charge on any atom is 0.226 e. The maximum absolute atomic E-state index is 5.64. The van der Waals surface area contributed by atoms with E-state index in [9.17, 15) is 0 Å². The molecule has 2 N–H and O–H groups in total. The molecule has 0 saturated carbocycles. The van der Waals surface area contributed by atoms with Gasteiger partial charge in [-0.1, -0.05) is 0 Å². The first-order valence-corrected chi connectivity index (χ1v) is 8.09. The van der Waals surface area contributed by atoms with Crippen LogP contribution in [0.15, 0.2) is 11.4 Å². The van der Waals surface area contributed by atoms with Crippen molar-refractivity contribution in [3.05, 3.63) is 11.4 Å². The van der Waals surface area contributed by atoms with E-state index in [0.29, 0.717) is 12.1 Å². The van der Waals surface area contributed by atoms with E-state index in [1.54, 1.807) is 11.3 Å². The molecular weight excluding hydrogens is 272 g/mol. The Bertz CT molecular complexity index is 565. The molecule has 0 radical (unpaired) electrons. The molecule has 108 valence electrons. The van der Waals surface area contributed by atoms with Gasteiger partial charge in [-0.3, -0.25) is 0 Å². The van der Waals surface area contributed by atoms with E-state index in [2.05, 4.69) is 32.0 Å². The van der Waals surface area contributed by atoms with Gasteiger partial charge >= 0.3 is 0 Å². The number of hydrogen-bond acceptors (Lipinski definition) is 6. The highest BCUT2D eigenvalue weighted by Gasteiger charge is 2.15. The van der Waals surface area contributed by atoms with Crippen molar-refractivity contribution in [1.29, 1.82) is 0 Å². The second-order valence-electron chi connectivity index (χ2n) is 4.92. The van der Waals surface area contributed by atoms with Gasteiger partial charge in [-0.25, -0.2) is 4.98 Å². The summed E-state index contributed by atoms with van der Waals surface area (Å²) in [6.07, 6.45) is 3.82. The molecule has 3 rings (SSSR count). The first kappa shape index (κ1) is 13.6. The van der Waals surface area contributed by atoms with E-state index in [0.717, 1.165) is 42.2 Å². The van der Waals surface area contributed by atoms with Gasteiger partial charge in [-0.15, -0.1) is 11.3 Å². The van der Waals surface area contributed by atoms with Crippen molar-refractivity contribution in [3.8, 4) is 0 Å². The predicted molar refractivity (Wildman–Crippen MR) is 83.7 cm³/mol. The molecule has 1 aliphatic heterocycles. The largest absolute Gasteiger partial charge is 0.378 e. The molecule has 0 aromatic carbocycles. The summed E-state index contributed by atoms with van der Waals surface area (Å²) in [5.41, 5.74) is 0. The number of nitrogens with one attached hydrogen (secondary N) is 2. The highest BCUT2D eigenvalue weighted by molar-refractivity contribution is 7.16. The van der Waals surface area contributed by atoms with Crippen molar-refractivity contribution in [2.45, 2.75) is 32.3 Å². The maximum atomic E-state index is 5.64. The second kappa shape index (κ2) is 6.37. The van der Waals surface area contributed by atoms with Gasteiger partial charge in [-0.2, -0.15) is 4.98 Å². The summed E-state index contributed by atoms with van der Waals surface area (Å²) in [5.74, 6) is 1.62. The summed E-state index contributed by atoms with van der Waals surface area (Å²) >= 11 is 1.64. The van der Waals surface area contributed by atoms with E-state index < -0.39 is 0 Å². The number of hydrogen-bond donors (Lipinski definition) is 2. The van der Waals surface area contributed by atoms with Crippen LogP contribution in [0, 0.1) is 0 Å². The van der Waals surface area contributed by atoms with Gasteiger partial charge < -0.3 is 15.4 Å². The van der Waals surface area contributed by atoms with Crippen LogP contribution in [0.3, 0.4) is 0 Å². The Labute approximate surface area is 122 Å². The van der Waals surface area contributed by atoms with Crippen LogP contribution < -0.4 is 10.6 Å². The van der Waals surface area contributed by atoms with Crippen LogP contribution in [0.1, 0.15) is 26.2 Å². The molecule has 0 spiro atoms. The molecule has 0 bridgehead atoms. The van der Waals surface area contributed by atoms with Gasteiger partial charge in [0.1, 0.15) is 10.6 Å². The third-order valence-electron chi connectivity index (χ3n) is 3.44. The molecule has 1 aliphatic rings.